The monoisotopic (exact) mass is 272 g/mol. The van der Waals surface area contributed by atoms with Gasteiger partial charge in [0.05, 0.1) is 0 Å². The van der Waals surface area contributed by atoms with Gasteiger partial charge in [-0.15, -0.1) is 0 Å². The molecular weight excluding hydrogens is 256 g/mol. The van der Waals surface area contributed by atoms with E-state index in [-0.39, 0.29) is 12.4 Å². The quantitative estimate of drug-likeness (QED) is 0.540. The van der Waals surface area contributed by atoms with Gasteiger partial charge in [0.1, 0.15) is 12.4 Å². The SMILES string of the molecule is C=C1OC[C@@H](OC(C)=O)[C@@H](OC(C)=O)[C@@H]1OC(C)=O. The summed E-state index contributed by atoms with van der Waals surface area (Å²) in [5.74, 6) is -1.59. The van der Waals surface area contributed by atoms with E-state index in [9.17, 15) is 14.4 Å². The van der Waals surface area contributed by atoms with Gasteiger partial charge in [-0.05, 0) is 0 Å². The zero-order chi connectivity index (χ0) is 14.6. The number of hydrogen-bond donors (Lipinski definition) is 0. The first-order valence-corrected chi connectivity index (χ1v) is 5.64. The number of hydrogen-bond acceptors (Lipinski definition) is 7. The maximum absolute atomic E-state index is 11.1. The van der Waals surface area contributed by atoms with E-state index in [1.165, 1.54) is 20.8 Å². The fourth-order valence-electron chi connectivity index (χ4n) is 1.70. The minimum atomic E-state index is -1.00. The molecule has 0 N–H and O–H groups in total. The Bertz CT molecular complexity index is 401. The van der Waals surface area contributed by atoms with Crippen LogP contribution in [0.25, 0.3) is 0 Å². The van der Waals surface area contributed by atoms with Gasteiger partial charge >= 0.3 is 17.9 Å². The summed E-state index contributed by atoms with van der Waals surface area (Å²) < 4.78 is 20.2. The minimum absolute atomic E-state index is 0.0197. The lowest BCUT2D eigenvalue weighted by atomic mass is 10.0. The van der Waals surface area contributed by atoms with Gasteiger partial charge in [-0.2, -0.15) is 0 Å². The van der Waals surface area contributed by atoms with Crippen molar-refractivity contribution < 1.29 is 33.3 Å². The van der Waals surface area contributed by atoms with Gasteiger partial charge in [0.25, 0.3) is 0 Å². The highest BCUT2D eigenvalue weighted by atomic mass is 16.6. The van der Waals surface area contributed by atoms with Crippen molar-refractivity contribution in [2.75, 3.05) is 6.61 Å². The second-order valence-electron chi connectivity index (χ2n) is 4.03. The number of esters is 3. The van der Waals surface area contributed by atoms with E-state index in [1.54, 1.807) is 0 Å². The lowest BCUT2D eigenvalue weighted by Crippen LogP contribution is -2.51. The third-order valence-electron chi connectivity index (χ3n) is 2.33. The number of carbonyl (C=O) groups is 3. The maximum Gasteiger partial charge on any atom is 0.303 e. The van der Waals surface area contributed by atoms with Crippen molar-refractivity contribution in [2.24, 2.45) is 0 Å². The smallest absolute Gasteiger partial charge is 0.303 e. The van der Waals surface area contributed by atoms with Crippen molar-refractivity contribution in [2.45, 2.75) is 39.1 Å². The Hall–Kier alpha value is -2.05. The Morgan fingerprint density at radius 3 is 2.05 bits per heavy atom. The normalized spacial score (nSPS) is 26.1. The van der Waals surface area contributed by atoms with E-state index in [0.29, 0.717) is 0 Å². The first-order valence-electron chi connectivity index (χ1n) is 5.64. The topological polar surface area (TPSA) is 88.1 Å². The second kappa shape index (κ2) is 6.21. The molecule has 1 aliphatic rings. The molecule has 0 amide bonds. The van der Waals surface area contributed by atoms with Gasteiger partial charge < -0.3 is 18.9 Å². The number of rotatable bonds is 3. The summed E-state index contributed by atoms with van der Waals surface area (Å²) in [4.78, 5) is 33.2. The Kier molecular flexibility index (Phi) is 4.91. The predicted octanol–water partition coefficient (Wildman–Crippen LogP) is 0.325. The van der Waals surface area contributed by atoms with Crippen LogP contribution in [-0.2, 0) is 33.3 Å². The first-order chi connectivity index (χ1) is 8.81. The molecule has 106 valence electrons. The first kappa shape index (κ1) is 15.0. The van der Waals surface area contributed by atoms with Crippen molar-refractivity contribution in [1.82, 2.24) is 0 Å². The molecule has 1 fully saturated rings. The molecule has 0 radical (unpaired) electrons. The van der Waals surface area contributed by atoms with E-state index >= 15 is 0 Å². The standard InChI is InChI=1S/C12H16O7/c1-6-11(18-8(3)14)12(19-9(4)15)10(5-16-6)17-7(2)13/h10-12H,1,5H2,2-4H3/t10-,11-,12-/m1/s1. The summed E-state index contributed by atoms with van der Waals surface area (Å²) in [6, 6.07) is 0. The molecule has 0 aliphatic carbocycles. The van der Waals surface area contributed by atoms with Crippen LogP contribution < -0.4 is 0 Å². The molecule has 1 aliphatic heterocycles. The van der Waals surface area contributed by atoms with E-state index in [1.807, 2.05) is 0 Å². The molecule has 1 heterocycles. The molecule has 0 spiro atoms. The van der Waals surface area contributed by atoms with Crippen LogP contribution in [0.15, 0.2) is 12.3 Å². The van der Waals surface area contributed by atoms with E-state index in [2.05, 4.69) is 6.58 Å². The molecule has 7 heteroatoms. The highest BCUT2D eigenvalue weighted by molar-refractivity contribution is 5.68. The summed E-state index contributed by atoms with van der Waals surface area (Å²) in [5.41, 5.74) is 0. The summed E-state index contributed by atoms with van der Waals surface area (Å²) in [6.45, 7) is 7.19. The largest absolute Gasteiger partial charge is 0.490 e. The van der Waals surface area contributed by atoms with Crippen molar-refractivity contribution >= 4 is 17.9 Å². The van der Waals surface area contributed by atoms with Crippen LogP contribution in [0.4, 0.5) is 0 Å². The third kappa shape index (κ3) is 4.27. The molecule has 0 aromatic rings. The molecule has 0 unspecified atom stereocenters. The molecule has 0 bridgehead atoms. The third-order valence-corrected chi connectivity index (χ3v) is 2.33. The molecule has 0 saturated carbocycles. The van der Waals surface area contributed by atoms with Crippen molar-refractivity contribution in [3.05, 3.63) is 12.3 Å². The molecular formula is C12H16O7. The Balaban J connectivity index is 2.93. The zero-order valence-corrected chi connectivity index (χ0v) is 11.0. The van der Waals surface area contributed by atoms with Crippen molar-refractivity contribution in [3.63, 3.8) is 0 Å². The molecule has 0 aromatic carbocycles. The Labute approximate surface area is 110 Å². The van der Waals surface area contributed by atoms with Crippen LogP contribution in [0.5, 0.6) is 0 Å². The van der Waals surface area contributed by atoms with Crippen molar-refractivity contribution in [3.8, 4) is 0 Å². The molecule has 19 heavy (non-hydrogen) atoms. The van der Waals surface area contributed by atoms with Gasteiger partial charge in [-0.3, -0.25) is 14.4 Å². The molecule has 1 rings (SSSR count). The van der Waals surface area contributed by atoms with E-state index < -0.39 is 36.2 Å². The average Bonchev–Trinajstić information content (AvgIpc) is 2.25. The number of ether oxygens (including phenoxy) is 4. The lowest BCUT2D eigenvalue weighted by molar-refractivity contribution is -0.196. The summed E-state index contributed by atoms with van der Waals surface area (Å²) in [6.07, 6.45) is -2.82. The van der Waals surface area contributed by atoms with Crippen LogP contribution >= 0.6 is 0 Å². The van der Waals surface area contributed by atoms with Gasteiger partial charge in [-0.1, -0.05) is 6.58 Å². The Morgan fingerprint density at radius 2 is 1.58 bits per heavy atom. The van der Waals surface area contributed by atoms with Crippen LogP contribution in [0, 0.1) is 0 Å². The van der Waals surface area contributed by atoms with Gasteiger partial charge in [0.2, 0.25) is 0 Å². The van der Waals surface area contributed by atoms with Gasteiger partial charge in [0.15, 0.2) is 18.3 Å². The van der Waals surface area contributed by atoms with E-state index in [4.69, 9.17) is 18.9 Å². The van der Waals surface area contributed by atoms with Gasteiger partial charge in [0, 0.05) is 20.8 Å². The summed E-state index contributed by atoms with van der Waals surface area (Å²) >= 11 is 0. The second-order valence-corrected chi connectivity index (χ2v) is 4.03. The number of carbonyl (C=O) groups excluding carboxylic acids is 3. The van der Waals surface area contributed by atoms with Crippen molar-refractivity contribution in [1.29, 1.82) is 0 Å². The van der Waals surface area contributed by atoms with Crippen LogP contribution in [0.1, 0.15) is 20.8 Å². The Morgan fingerprint density at radius 1 is 1.05 bits per heavy atom. The fourth-order valence-corrected chi connectivity index (χ4v) is 1.70. The van der Waals surface area contributed by atoms with Crippen LogP contribution in [0.2, 0.25) is 0 Å². The maximum atomic E-state index is 11.1. The molecule has 3 atom stereocenters. The minimum Gasteiger partial charge on any atom is -0.490 e. The predicted molar refractivity (Wildman–Crippen MR) is 61.8 cm³/mol. The molecule has 1 saturated heterocycles. The van der Waals surface area contributed by atoms with Crippen LogP contribution in [-0.4, -0.2) is 42.8 Å². The highest BCUT2D eigenvalue weighted by Gasteiger charge is 2.43. The fraction of sp³-hybridized carbons (Fsp3) is 0.583. The molecule has 7 nitrogen and oxygen atoms in total. The van der Waals surface area contributed by atoms with E-state index in [0.717, 1.165) is 0 Å². The lowest BCUT2D eigenvalue weighted by Gasteiger charge is -2.36. The molecule has 0 aromatic heterocycles. The zero-order valence-electron chi connectivity index (χ0n) is 11.0. The summed E-state index contributed by atoms with van der Waals surface area (Å²) in [7, 11) is 0. The average molecular weight is 272 g/mol. The van der Waals surface area contributed by atoms with Crippen LogP contribution in [0.3, 0.4) is 0 Å². The summed E-state index contributed by atoms with van der Waals surface area (Å²) in [5, 5.41) is 0. The highest BCUT2D eigenvalue weighted by Crippen LogP contribution is 2.25. The van der Waals surface area contributed by atoms with Gasteiger partial charge in [-0.25, -0.2) is 0 Å².